The lowest BCUT2D eigenvalue weighted by atomic mass is 10.1. The smallest absolute Gasteiger partial charge is 0.248 e. The number of anilines is 1. The molecular weight excluding hydrogens is 404 g/mol. The predicted molar refractivity (Wildman–Crippen MR) is 113 cm³/mol. The van der Waals surface area contributed by atoms with E-state index >= 15 is 0 Å². The summed E-state index contributed by atoms with van der Waals surface area (Å²) in [5, 5.41) is 2.67. The normalized spacial score (nSPS) is 11.5. The largest absolute Gasteiger partial charge is 0.460 e. The molecule has 2 N–H and O–H groups in total. The van der Waals surface area contributed by atoms with Gasteiger partial charge in [-0.2, -0.15) is 0 Å². The van der Waals surface area contributed by atoms with E-state index in [-0.39, 0.29) is 17.2 Å². The molecule has 154 valence electrons. The van der Waals surface area contributed by atoms with Gasteiger partial charge in [0.1, 0.15) is 11.5 Å². The number of nitrogens with one attached hydrogen (secondary N) is 2. The van der Waals surface area contributed by atoms with Crippen LogP contribution in [0.4, 0.5) is 5.69 Å². The molecule has 0 radical (unpaired) electrons. The quantitative estimate of drug-likeness (QED) is 0.424. The van der Waals surface area contributed by atoms with E-state index in [4.69, 9.17) is 4.42 Å². The Morgan fingerprint density at radius 2 is 1.77 bits per heavy atom. The van der Waals surface area contributed by atoms with Crippen LogP contribution in [0.1, 0.15) is 28.8 Å². The van der Waals surface area contributed by atoms with Gasteiger partial charge in [0.05, 0.1) is 11.4 Å². The van der Waals surface area contributed by atoms with Gasteiger partial charge in [-0.1, -0.05) is 30.3 Å². The number of furan rings is 1. The van der Waals surface area contributed by atoms with Gasteiger partial charge in [0, 0.05) is 17.3 Å². The second-order valence-corrected chi connectivity index (χ2v) is 8.17. The third kappa shape index (κ3) is 5.76. The van der Waals surface area contributed by atoms with E-state index in [0.717, 1.165) is 0 Å². The van der Waals surface area contributed by atoms with Gasteiger partial charge in [-0.15, -0.1) is 0 Å². The molecule has 1 amide bonds. The van der Waals surface area contributed by atoms with E-state index in [1.54, 1.807) is 54.6 Å². The highest BCUT2D eigenvalue weighted by Gasteiger charge is 2.13. The standard InChI is InChI=1S/C22H20N2O5S/c1-16(25)17-6-5-7-18(14-17)24-22(26)13-12-19-10-11-20(29-19)15-23-30(27,28)21-8-3-2-4-9-21/h2-14,23H,15H2,1H3,(H,24,26)/b13-12+. The van der Waals surface area contributed by atoms with Crippen molar-refractivity contribution in [3.8, 4) is 0 Å². The Hall–Kier alpha value is -3.49. The van der Waals surface area contributed by atoms with Crippen molar-refractivity contribution in [3.05, 3.63) is 89.9 Å². The summed E-state index contributed by atoms with van der Waals surface area (Å²) in [4.78, 5) is 23.7. The van der Waals surface area contributed by atoms with Crippen LogP contribution in [-0.2, 0) is 21.4 Å². The van der Waals surface area contributed by atoms with Gasteiger partial charge in [0.15, 0.2) is 5.78 Å². The van der Waals surface area contributed by atoms with E-state index in [2.05, 4.69) is 10.0 Å². The van der Waals surface area contributed by atoms with E-state index < -0.39 is 15.9 Å². The molecule has 1 aromatic heterocycles. The highest BCUT2D eigenvalue weighted by molar-refractivity contribution is 7.89. The molecule has 0 unspecified atom stereocenters. The minimum atomic E-state index is -3.64. The first-order valence-electron chi connectivity index (χ1n) is 9.07. The van der Waals surface area contributed by atoms with Crippen molar-refractivity contribution < 1.29 is 22.4 Å². The Labute approximate surface area is 174 Å². The third-order valence-corrected chi connectivity index (χ3v) is 5.53. The van der Waals surface area contributed by atoms with Gasteiger partial charge in [0.2, 0.25) is 15.9 Å². The number of ketones is 1. The van der Waals surface area contributed by atoms with Crippen molar-refractivity contribution in [3.63, 3.8) is 0 Å². The number of benzene rings is 2. The molecule has 0 spiro atoms. The van der Waals surface area contributed by atoms with Gasteiger partial charge >= 0.3 is 0 Å². The van der Waals surface area contributed by atoms with Gasteiger partial charge < -0.3 is 9.73 Å². The Morgan fingerprint density at radius 1 is 1.00 bits per heavy atom. The van der Waals surface area contributed by atoms with Crippen LogP contribution in [0, 0.1) is 0 Å². The molecule has 0 saturated heterocycles. The molecule has 0 aliphatic heterocycles. The van der Waals surface area contributed by atoms with E-state index in [1.807, 2.05) is 0 Å². The van der Waals surface area contributed by atoms with E-state index in [1.165, 1.54) is 31.2 Å². The molecule has 8 heteroatoms. The van der Waals surface area contributed by atoms with Crippen LogP contribution in [0.25, 0.3) is 6.08 Å². The van der Waals surface area contributed by atoms with Crippen LogP contribution < -0.4 is 10.0 Å². The average Bonchev–Trinajstić information content (AvgIpc) is 3.20. The second-order valence-electron chi connectivity index (χ2n) is 6.40. The first kappa shape index (κ1) is 21.2. The van der Waals surface area contributed by atoms with Crippen molar-refractivity contribution in [1.29, 1.82) is 0 Å². The number of hydrogen-bond acceptors (Lipinski definition) is 5. The van der Waals surface area contributed by atoms with Crippen LogP contribution >= 0.6 is 0 Å². The summed E-state index contributed by atoms with van der Waals surface area (Å²) in [6, 6.07) is 17.9. The lowest BCUT2D eigenvalue weighted by molar-refractivity contribution is -0.111. The fourth-order valence-corrected chi connectivity index (χ4v) is 3.60. The molecule has 0 fully saturated rings. The van der Waals surface area contributed by atoms with Crippen LogP contribution in [-0.4, -0.2) is 20.1 Å². The molecule has 30 heavy (non-hydrogen) atoms. The topological polar surface area (TPSA) is 105 Å². The summed E-state index contributed by atoms with van der Waals surface area (Å²) in [5.41, 5.74) is 1.01. The maximum Gasteiger partial charge on any atom is 0.248 e. The summed E-state index contributed by atoms with van der Waals surface area (Å²) >= 11 is 0. The minimum absolute atomic E-state index is 0.0187. The number of carbonyl (C=O) groups is 2. The summed E-state index contributed by atoms with van der Waals surface area (Å²) in [6.07, 6.45) is 2.76. The molecule has 0 aliphatic rings. The fourth-order valence-electron chi connectivity index (χ4n) is 2.59. The lowest BCUT2D eigenvalue weighted by Gasteiger charge is -2.04. The number of Topliss-reactive ketones (excluding diaryl/α,β-unsaturated/α-hetero) is 1. The van der Waals surface area contributed by atoms with Crippen LogP contribution in [0.15, 0.2) is 82.1 Å². The van der Waals surface area contributed by atoms with Gasteiger partial charge in [0.25, 0.3) is 0 Å². The fraction of sp³-hybridized carbons (Fsp3) is 0.0909. The Bertz CT molecular complexity index is 1180. The Kier molecular flexibility index (Phi) is 6.61. The predicted octanol–water partition coefficient (Wildman–Crippen LogP) is 3.61. The lowest BCUT2D eigenvalue weighted by Crippen LogP contribution is -2.22. The average molecular weight is 424 g/mol. The van der Waals surface area contributed by atoms with Crippen LogP contribution in [0.2, 0.25) is 0 Å². The maximum atomic E-state index is 12.2. The van der Waals surface area contributed by atoms with Gasteiger partial charge in [-0.05, 0) is 49.4 Å². The zero-order valence-corrected chi connectivity index (χ0v) is 17.0. The van der Waals surface area contributed by atoms with Crippen molar-refractivity contribution in [2.75, 3.05) is 5.32 Å². The molecule has 3 aromatic rings. The Balaban J connectivity index is 1.57. The zero-order chi connectivity index (χ0) is 21.6. The minimum Gasteiger partial charge on any atom is -0.460 e. The van der Waals surface area contributed by atoms with E-state index in [0.29, 0.717) is 22.8 Å². The monoisotopic (exact) mass is 424 g/mol. The number of carbonyl (C=O) groups excluding carboxylic acids is 2. The first-order chi connectivity index (χ1) is 14.3. The highest BCUT2D eigenvalue weighted by Crippen LogP contribution is 2.14. The number of hydrogen-bond donors (Lipinski definition) is 2. The highest BCUT2D eigenvalue weighted by atomic mass is 32.2. The van der Waals surface area contributed by atoms with Crippen molar-refractivity contribution in [1.82, 2.24) is 4.72 Å². The van der Waals surface area contributed by atoms with Gasteiger partial charge in [-0.25, -0.2) is 13.1 Å². The molecule has 1 heterocycles. The third-order valence-electron chi connectivity index (χ3n) is 4.11. The number of sulfonamides is 1. The molecule has 0 bridgehead atoms. The zero-order valence-electron chi connectivity index (χ0n) is 16.2. The molecule has 0 saturated carbocycles. The molecule has 2 aromatic carbocycles. The molecular formula is C22H20N2O5S. The van der Waals surface area contributed by atoms with Gasteiger partial charge in [-0.3, -0.25) is 9.59 Å². The maximum absolute atomic E-state index is 12.2. The summed E-state index contributed by atoms with van der Waals surface area (Å²) in [5.74, 6) is 0.325. The number of amides is 1. The summed E-state index contributed by atoms with van der Waals surface area (Å²) in [7, 11) is -3.64. The molecule has 0 aliphatic carbocycles. The Morgan fingerprint density at radius 3 is 2.50 bits per heavy atom. The second kappa shape index (κ2) is 9.34. The van der Waals surface area contributed by atoms with Crippen molar-refractivity contribution in [2.45, 2.75) is 18.4 Å². The number of rotatable bonds is 8. The molecule has 7 nitrogen and oxygen atoms in total. The summed E-state index contributed by atoms with van der Waals surface area (Å²) in [6.45, 7) is 1.43. The first-order valence-corrected chi connectivity index (χ1v) is 10.6. The van der Waals surface area contributed by atoms with Crippen LogP contribution in [0.3, 0.4) is 0 Å². The van der Waals surface area contributed by atoms with E-state index in [9.17, 15) is 18.0 Å². The van der Waals surface area contributed by atoms with Crippen molar-refractivity contribution >= 4 is 33.5 Å². The van der Waals surface area contributed by atoms with Crippen LogP contribution in [0.5, 0.6) is 0 Å². The van der Waals surface area contributed by atoms with Crippen molar-refractivity contribution in [2.24, 2.45) is 0 Å². The summed E-state index contributed by atoms with van der Waals surface area (Å²) < 4.78 is 32.4. The molecule has 0 atom stereocenters. The SMILES string of the molecule is CC(=O)c1cccc(NC(=O)/C=C/c2ccc(CNS(=O)(=O)c3ccccc3)o2)c1. The molecule has 3 rings (SSSR count).